The molecule has 5 heteroatoms. The van der Waals surface area contributed by atoms with Crippen LogP contribution in [0.1, 0.15) is 97.4 Å². The number of piperidine rings is 1. The minimum atomic E-state index is 0.240. The zero-order chi connectivity index (χ0) is 27.6. The van der Waals surface area contributed by atoms with Gasteiger partial charge in [0.25, 0.3) is 0 Å². The summed E-state index contributed by atoms with van der Waals surface area (Å²) in [5, 5.41) is 0. The van der Waals surface area contributed by atoms with E-state index in [-0.39, 0.29) is 5.91 Å². The second-order valence-electron chi connectivity index (χ2n) is 8.01. The molecule has 0 spiro atoms. The Kier molecular flexibility index (Phi) is 15.7. The number of aryl methyl sites for hydroxylation is 1. The molecule has 2 aromatic carbocycles. The fourth-order valence-electron chi connectivity index (χ4n) is 4.44. The number of nitrogens with zero attached hydrogens (tertiary/aromatic N) is 3. The Balaban J connectivity index is 0.000000784. The zero-order valence-corrected chi connectivity index (χ0v) is 24.5. The molecular formula is C32H49N3O2. The highest BCUT2D eigenvalue weighted by Crippen LogP contribution is 2.31. The molecule has 2 aliphatic rings. The van der Waals surface area contributed by atoms with Gasteiger partial charge in [-0.3, -0.25) is 4.79 Å². The molecule has 1 aromatic heterocycles. The van der Waals surface area contributed by atoms with E-state index in [9.17, 15) is 4.79 Å². The van der Waals surface area contributed by atoms with E-state index >= 15 is 0 Å². The number of rotatable bonds is 0. The van der Waals surface area contributed by atoms with Crippen LogP contribution in [0.4, 0.5) is 0 Å². The van der Waals surface area contributed by atoms with Gasteiger partial charge in [0, 0.05) is 43.9 Å². The van der Waals surface area contributed by atoms with Crippen molar-refractivity contribution in [2.24, 2.45) is 0 Å². The molecule has 37 heavy (non-hydrogen) atoms. The van der Waals surface area contributed by atoms with Crippen LogP contribution < -0.4 is 4.74 Å². The van der Waals surface area contributed by atoms with E-state index in [4.69, 9.17) is 4.74 Å². The smallest absolute Gasteiger partial charge is 0.222 e. The Hall–Kier alpha value is -3.08. The van der Waals surface area contributed by atoms with Gasteiger partial charge in [0.2, 0.25) is 5.91 Å². The van der Waals surface area contributed by atoms with Crippen molar-refractivity contribution in [2.45, 2.75) is 93.5 Å². The molecule has 1 amide bonds. The minimum Gasteiger partial charge on any atom is -0.457 e. The highest BCUT2D eigenvalue weighted by molar-refractivity contribution is 5.76. The van der Waals surface area contributed by atoms with Crippen molar-refractivity contribution in [3.05, 3.63) is 77.9 Å². The fourth-order valence-corrected chi connectivity index (χ4v) is 4.44. The summed E-state index contributed by atoms with van der Waals surface area (Å²) < 4.78 is 8.31. The van der Waals surface area contributed by atoms with Crippen LogP contribution in [0, 0.1) is 0 Å². The number of ether oxygens (including phenoxy) is 1. The van der Waals surface area contributed by atoms with Crippen LogP contribution in [0.25, 0.3) is 0 Å². The van der Waals surface area contributed by atoms with Gasteiger partial charge in [-0.15, -0.1) is 0 Å². The number of fused-ring (bicyclic) bond motifs is 8. The number of aromatic nitrogens is 2. The highest BCUT2D eigenvalue weighted by atomic mass is 16.5. The molecule has 2 aliphatic heterocycles. The van der Waals surface area contributed by atoms with Crippen molar-refractivity contribution in [2.75, 3.05) is 13.1 Å². The van der Waals surface area contributed by atoms with Crippen molar-refractivity contribution >= 4 is 5.91 Å². The number of hydrogen-bond donors (Lipinski definition) is 0. The maximum absolute atomic E-state index is 12.9. The molecule has 0 N–H and O–H groups in total. The van der Waals surface area contributed by atoms with Crippen molar-refractivity contribution in [1.82, 2.24) is 14.5 Å². The lowest BCUT2D eigenvalue weighted by Gasteiger charge is -2.33. The standard InChI is InChI=1S/C24H25N3O2.4C2H6/c28-24-10-9-21-14-25-17-27(21)15-18-4-1-7-22(12-18)29-23-8-2-5-19(13-23)20-6-3-11-26(24)16-20;4*1-2/h1-2,4-5,7-8,12-14,17,20H,3,6,9-11,15-16H2;4*1-2H3. The summed E-state index contributed by atoms with van der Waals surface area (Å²) in [4.78, 5) is 19.2. The number of imidazole rings is 1. The second-order valence-corrected chi connectivity index (χ2v) is 8.01. The lowest BCUT2D eigenvalue weighted by Crippen LogP contribution is -2.39. The first kappa shape index (κ1) is 31.9. The molecule has 5 rings (SSSR count). The predicted molar refractivity (Wildman–Crippen MR) is 157 cm³/mol. The largest absolute Gasteiger partial charge is 0.457 e. The number of carbonyl (C=O) groups is 1. The van der Waals surface area contributed by atoms with Gasteiger partial charge >= 0.3 is 0 Å². The monoisotopic (exact) mass is 507 g/mol. The minimum absolute atomic E-state index is 0.240. The Morgan fingerprint density at radius 1 is 0.865 bits per heavy atom. The summed E-state index contributed by atoms with van der Waals surface area (Å²) in [5.41, 5.74) is 3.49. The van der Waals surface area contributed by atoms with Gasteiger partial charge in [0.1, 0.15) is 11.5 Å². The fraction of sp³-hybridized carbons (Fsp3) is 0.500. The molecular weight excluding hydrogens is 458 g/mol. The van der Waals surface area contributed by atoms with E-state index in [1.807, 2.05) is 91.0 Å². The third-order valence-corrected chi connectivity index (χ3v) is 5.98. The lowest BCUT2D eigenvalue weighted by molar-refractivity contribution is -0.132. The van der Waals surface area contributed by atoms with Crippen LogP contribution in [-0.2, 0) is 17.8 Å². The maximum atomic E-state index is 12.9. The first-order valence-electron chi connectivity index (χ1n) is 14.4. The van der Waals surface area contributed by atoms with Crippen LogP contribution in [0.3, 0.4) is 0 Å². The lowest BCUT2D eigenvalue weighted by atomic mass is 9.90. The van der Waals surface area contributed by atoms with Gasteiger partial charge in [0.15, 0.2) is 0 Å². The maximum Gasteiger partial charge on any atom is 0.222 e. The summed E-state index contributed by atoms with van der Waals surface area (Å²) >= 11 is 0. The topological polar surface area (TPSA) is 47.4 Å². The molecule has 3 aromatic rings. The van der Waals surface area contributed by atoms with E-state index in [1.165, 1.54) is 5.56 Å². The number of amides is 1. The molecule has 6 bridgehead atoms. The van der Waals surface area contributed by atoms with Gasteiger partial charge in [0.05, 0.1) is 6.33 Å². The molecule has 3 heterocycles. The number of hydrogen-bond acceptors (Lipinski definition) is 3. The van der Waals surface area contributed by atoms with Gasteiger partial charge < -0.3 is 14.2 Å². The highest BCUT2D eigenvalue weighted by Gasteiger charge is 2.25. The van der Waals surface area contributed by atoms with Crippen LogP contribution in [0.5, 0.6) is 11.5 Å². The number of benzene rings is 2. The predicted octanol–water partition coefficient (Wildman–Crippen LogP) is 8.48. The van der Waals surface area contributed by atoms with Gasteiger partial charge in [-0.25, -0.2) is 4.98 Å². The summed E-state index contributed by atoms with van der Waals surface area (Å²) in [6.45, 7) is 18.4. The van der Waals surface area contributed by atoms with E-state index < -0.39 is 0 Å². The van der Waals surface area contributed by atoms with Crippen molar-refractivity contribution in [3.63, 3.8) is 0 Å². The van der Waals surface area contributed by atoms with Gasteiger partial charge in [-0.1, -0.05) is 79.7 Å². The molecule has 1 unspecified atom stereocenters. The second kappa shape index (κ2) is 18.2. The molecule has 1 saturated heterocycles. The SMILES string of the molecule is CC.CC.CC.CC.O=C1CCc2cncn2Cc2cccc(c2)Oc2cccc(c2)C2CCCN1C2. The molecule has 5 nitrogen and oxygen atoms in total. The summed E-state index contributed by atoms with van der Waals surface area (Å²) in [5.74, 6) is 2.29. The Morgan fingerprint density at radius 2 is 1.54 bits per heavy atom. The quantitative estimate of drug-likeness (QED) is 0.306. The van der Waals surface area contributed by atoms with Crippen molar-refractivity contribution in [3.8, 4) is 11.5 Å². The van der Waals surface area contributed by atoms with Crippen molar-refractivity contribution in [1.29, 1.82) is 0 Å². The Bertz CT molecular complexity index is 1030. The molecule has 1 fully saturated rings. The summed E-state index contributed by atoms with van der Waals surface area (Å²) in [6, 6.07) is 16.5. The Morgan fingerprint density at radius 3 is 2.27 bits per heavy atom. The first-order valence-corrected chi connectivity index (χ1v) is 14.4. The molecule has 0 radical (unpaired) electrons. The van der Waals surface area contributed by atoms with Crippen LogP contribution in [0.2, 0.25) is 0 Å². The van der Waals surface area contributed by atoms with Gasteiger partial charge in [-0.05, 0) is 54.7 Å². The molecule has 1 atom stereocenters. The van der Waals surface area contributed by atoms with Gasteiger partial charge in [-0.2, -0.15) is 0 Å². The molecule has 204 valence electrons. The zero-order valence-electron chi connectivity index (χ0n) is 24.5. The number of carbonyl (C=O) groups excluding carboxylic acids is 1. The Labute approximate surface area is 225 Å². The van der Waals surface area contributed by atoms with Crippen LogP contribution >= 0.6 is 0 Å². The molecule has 0 aliphatic carbocycles. The third-order valence-electron chi connectivity index (χ3n) is 5.98. The van der Waals surface area contributed by atoms with E-state index in [0.717, 1.165) is 48.7 Å². The van der Waals surface area contributed by atoms with Crippen molar-refractivity contribution < 1.29 is 9.53 Å². The first-order chi connectivity index (χ1) is 18.2. The normalized spacial score (nSPS) is 15.8. The molecule has 0 saturated carbocycles. The van der Waals surface area contributed by atoms with E-state index in [1.54, 1.807) is 0 Å². The third kappa shape index (κ3) is 9.38. The van der Waals surface area contributed by atoms with Crippen LogP contribution in [0.15, 0.2) is 61.1 Å². The van der Waals surface area contributed by atoms with Crippen LogP contribution in [-0.4, -0.2) is 33.4 Å². The van der Waals surface area contributed by atoms with E-state index in [0.29, 0.717) is 25.3 Å². The van der Waals surface area contributed by atoms with E-state index in [2.05, 4.69) is 39.9 Å². The summed E-state index contributed by atoms with van der Waals surface area (Å²) in [7, 11) is 0. The average Bonchev–Trinajstić information content (AvgIpc) is 3.42. The average molecular weight is 508 g/mol. The summed E-state index contributed by atoms with van der Waals surface area (Å²) in [6.07, 6.45) is 7.11.